The molecule has 1 N–H and O–H groups in total. The van der Waals surface area contributed by atoms with Crippen LogP contribution in [-0.4, -0.2) is 34.5 Å². The van der Waals surface area contributed by atoms with E-state index in [4.69, 9.17) is 4.74 Å². The van der Waals surface area contributed by atoms with Gasteiger partial charge in [-0.2, -0.15) is 0 Å². The van der Waals surface area contributed by atoms with Crippen LogP contribution in [0.2, 0.25) is 0 Å². The molecule has 0 saturated carbocycles. The van der Waals surface area contributed by atoms with E-state index in [-0.39, 0.29) is 11.5 Å². The van der Waals surface area contributed by atoms with Crippen molar-refractivity contribution in [1.82, 2.24) is 4.72 Å². The van der Waals surface area contributed by atoms with Crippen molar-refractivity contribution >= 4 is 10.0 Å². The highest BCUT2D eigenvalue weighted by Crippen LogP contribution is 2.24. The van der Waals surface area contributed by atoms with Crippen molar-refractivity contribution in [2.45, 2.75) is 23.7 Å². The molecule has 26 heavy (non-hydrogen) atoms. The maximum Gasteiger partial charge on any atom is 0.573 e. The van der Waals surface area contributed by atoms with Gasteiger partial charge in [-0.25, -0.2) is 13.1 Å². The summed E-state index contributed by atoms with van der Waals surface area (Å²) in [7, 11) is -2.48. The van der Waals surface area contributed by atoms with Gasteiger partial charge in [-0.15, -0.1) is 13.2 Å². The van der Waals surface area contributed by atoms with Crippen LogP contribution in [0.4, 0.5) is 13.2 Å². The standard InChI is InChI=1S/C17H18F3NO4S/c1-24-12-14(11-13-5-3-2-4-6-13)21-26(22,23)16-9-7-15(8-10-16)25-17(18,19)20/h2-10,14,21H,11-12H2,1H3/t14-/m0/s1. The van der Waals surface area contributed by atoms with E-state index in [0.29, 0.717) is 6.42 Å². The fourth-order valence-corrected chi connectivity index (χ4v) is 3.56. The van der Waals surface area contributed by atoms with E-state index in [0.717, 1.165) is 29.8 Å². The molecule has 0 heterocycles. The average Bonchev–Trinajstić information content (AvgIpc) is 2.54. The largest absolute Gasteiger partial charge is 0.573 e. The Hall–Kier alpha value is -2.10. The van der Waals surface area contributed by atoms with Gasteiger partial charge in [-0.1, -0.05) is 30.3 Å². The van der Waals surface area contributed by atoms with Gasteiger partial charge in [0.1, 0.15) is 5.75 Å². The predicted molar refractivity (Wildman–Crippen MR) is 89.3 cm³/mol. The van der Waals surface area contributed by atoms with Crippen molar-refractivity contribution in [1.29, 1.82) is 0 Å². The maximum absolute atomic E-state index is 12.5. The molecule has 2 rings (SSSR count). The van der Waals surface area contributed by atoms with Crippen molar-refractivity contribution in [3.8, 4) is 5.75 Å². The van der Waals surface area contributed by atoms with E-state index in [9.17, 15) is 21.6 Å². The summed E-state index contributed by atoms with van der Waals surface area (Å²) in [5.41, 5.74) is 0.922. The fraction of sp³-hybridized carbons (Fsp3) is 0.294. The number of benzene rings is 2. The molecule has 0 spiro atoms. The Bertz CT molecular complexity index is 793. The van der Waals surface area contributed by atoms with Crippen LogP contribution < -0.4 is 9.46 Å². The minimum atomic E-state index is -4.84. The van der Waals surface area contributed by atoms with Crippen LogP contribution in [0.1, 0.15) is 5.56 Å². The first-order chi connectivity index (χ1) is 12.2. The minimum absolute atomic E-state index is 0.142. The maximum atomic E-state index is 12.5. The lowest BCUT2D eigenvalue weighted by atomic mass is 10.1. The second-order valence-electron chi connectivity index (χ2n) is 5.48. The molecule has 0 radical (unpaired) electrons. The summed E-state index contributed by atoms with van der Waals surface area (Å²) < 4.78 is 72.8. The van der Waals surface area contributed by atoms with E-state index < -0.39 is 28.2 Å². The third kappa shape index (κ3) is 6.32. The summed E-state index contributed by atoms with van der Waals surface area (Å²) in [6.45, 7) is 0.142. The lowest BCUT2D eigenvalue weighted by Crippen LogP contribution is -2.39. The first-order valence-corrected chi connectivity index (χ1v) is 9.09. The molecular weight excluding hydrogens is 371 g/mol. The number of methoxy groups -OCH3 is 1. The van der Waals surface area contributed by atoms with E-state index in [1.54, 1.807) is 0 Å². The lowest BCUT2D eigenvalue weighted by Gasteiger charge is -2.18. The van der Waals surface area contributed by atoms with Crippen LogP contribution in [0.3, 0.4) is 0 Å². The van der Waals surface area contributed by atoms with E-state index >= 15 is 0 Å². The molecule has 0 amide bonds. The molecule has 0 unspecified atom stereocenters. The zero-order chi connectivity index (χ0) is 19.2. The molecule has 5 nitrogen and oxygen atoms in total. The van der Waals surface area contributed by atoms with Crippen LogP contribution in [0.25, 0.3) is 0 Å². The Kier molecular flexibility index (Phi) is 6.63. The van der Waals surface area contributed by atoms with Crippen LogP contribution in [0, 0.1) is 0 Å². The smallest absolute Gasteiger partial charge is 0.406 e. The second kappa shape index (κ2) is 8.52. The topological polar surface area (TPSA) is 64.6 Å². The molecule has 0 bridgehead atoms. The first-order valence-electron chi connectivity index (χ1n) is 7.60. The molecule has 0 fully saturated rings. The molecule has 0 aliphatic heterocycles. The number of alkyl halides is 3. The van der Waals surface area contributed by atoms with Gasteiger partial charge in [0, 0.05) is 13.2 Å². The number of nitrogens with one attached hydrogen (secondary N) is 1. The number of hydrogen-bond donors (Lipinski definition) is 1. The summed E-state index contributed by atoms with van der Waals surface area (Å²) in [5, 5.41) is 0. The third-order valence-corrected chi connectivity index (χ3v) is 4.92. The van der Waals surface area contributed by atoms with Crippen molar-refractivity contribution in [3.63, 3.8) is 0 Å². The predicted octanol–water partition coefficient (Wildman–Crippen LogP) is 3.12. The van der Waals surface area contributed by atoms with Crippen LogP contribution in [0.5, 0.6) is 5.75 Å². The van der Waals surface area contributed by atoms with Crippen molar-refractivity contribution in [3.05, 3.63) is 60.2 Å². The number of rotatable bonds is 8. The van der Waals surface area contributed by atoms with Gasteiger partial charge in [0.05, 0.1) is 11.5 Å². The summed E-state index contributed by atoms with van der Waals surface area (Å²) in [6.07, 6.45) is -4.43. The van der Waals surface area contributed by atoms with E-state index in [1.165, 1.54) is 7.11 Å². The zero-order valence-electron chi connectivity index (χ0n) is 13.9. The number of sulfonamides is 1. The second-order valence-corrected chi connectivity index (χ2v) is 7.20. The highest BCUT2D eigenvalue weighted by molar-refractivity contribution is 7.89. The zero-order valence-corrected chi connectivity index (χ0v) is 14.7. The molecule has 1 atom stereocenters. The van der Waals surface area contributed by atoms with Gasteiger partial charge < -0.3 is 9.47 Å². The average molecular weight is 389 g/mol. The number of hydrogen-bond acceptors (Lipinski definition) is 4. The van der Waals surface area contributed by atoms with Gasteiger partial charge >= 0.3 is 6.36 Å². The van der Waals surface area contributed by atoms with Gasteiger partial charge in [0.25, 0.3) is 0 Å². The van der Waals surface area contributed by atoms with Gasteiger partial charge in [0.2, 0.25) is 10.0 Å². The lowest BCUT2D eigenvalue weighted by molar-refractivity contribution is -0.274. The Morgan fingerprint density at radius 3 is 2.19 bits per heavy atom. The van der Waals surface area contributed by atoms with Crippen molar-refractivity contribution in [2.75, 3.05) is 13.7 Å². The number of ether oxygens (including phenoxy) is 2. The first kappa shape index (κ1) is 20.2. The van der Waals surface area contributed by atoms with Crippen LogP contribution in [-0.2, 0) is 21.2 Å². The molecule has 0 saturated heterocycles. The Morgan fingerprint density at radius 2 is 1.65 bits per heavy atom. The minimum Gasteiger partial charge on any atom is -0.406 e. The monoisotopic (exact) mass is 389 g/mol. The SMILES string of the molecule is COC[C@H](Cc1ccccc1)NS(=O)(=O)c1ccc(OC(F)(F)F)cc1. The van der Waals surface area contributed by atoms with Crippen molar-refractivity contribution < 1.29 is 31.1 Å². The summed E-state index contributed by atoms with van der Waals surface area (Å²) >= 11 is 0. The molecule has 9 heteroatoms. The summed E-state index contributed by atoms with van der Waals surface area (Å²) in [4.78, 5) is -0.166. The summed E-state index contributed by atoms with van der Waals surface area (Å²) in [6, 6.07) is 12.7. The third-order valence-electron chi connectivity index (χ3n) is 3.38. The molecular formula is C17H18F3NO4S. The van der Waals surface area contributed by atoms with Crippen LogP contribution >= 0.6 is 0 Å². The van der Waals surface area contributed by atoms with Gasteiger partial charge in [0.15, 0.2) is 0 Å². The van der Waals surface area contributed by atoms with Crippen molar-refractivity contribution in [2.24, 2.45) is 0 Å². The highest BCUT2D eigenvalue weighted by Gasteiger charge is 2.31. The summed E-state index contributed by atoms with van der Waals surface area (Å²) in [5.74, 6) is -0.492. The molecule has 2 aromatic rings. The Balaban J connectivity index is 2.11. The highest BCUT2D eigenvalue weighted by atomic mass is 32.2. The molecule has 0 aromatic heterocycles. The van der Waals surface area contributed by atoms with Gasteiger partial charge in [-0.05, 0) is 36.2 Å². The number of halogens is 3. The van der Waals surface area contributed by atoms with Gasteiger partial charge in [-0.3, -0.25) is 0 Å². The molecule has 0 aliphatic rings. The van der Waals surface area contributed by atoms with Crippen LogP contribution in [0.15, 0.2) is 59.5 Å². The Morgan fingerprint density at radius 1 is 1.04 bits per heavy atom. The molecule has 0 aliphatic carbocycles. The normalized spacial score (nSPS) is 13.4. The van der Waals surface area contributed by atoms with E-state index in [1.807, 2.05) is 30.3 Å². The van der Waals surface area contributed by atoms with E-state index in [2.05, 4.69) is 9.46 Å². The molecule has 142 valence electrons. The quantitative estimate of drug-likeness (QED) is 0.754. The Labute approximate surface area is 149 Å². The fourth-order valence-electron chi connectivity index (χ4n) is 2.34. The molecule has 2 aromatic carbocycles.